The molecule has 0 saturated heterocycles. The number of rotatable bonds is 0. The first-order valence-electron chi connectivity index (χ1n) is 6.26. The Morgan fingerprint density at radius 3 is 2.74 bits per heavy atom. The van der Waals surface area contributed by atoms with E-state index in [1.807, 2.05) is 20.8 Å². The van der Waals surface area contributed by atoms with Crippen LogP contribution >= 0.6 is 15.9 Å². The monoisotopic (exact) mass is 329 g/mol. The largest absolute Gasteiger partial charge is 0.443 e. The highest BCUT2D eigenvalue weighted by molar-refractivity contribution is 9.10. The number of fused-ring (bicyclic) bond motifs is 1. The Labute approximate surface area is 120 Å². The van der Waals surface area contributed by atoms with Crippen molar-refractivity contribution in [2.24, 2.45) is 0 Å². The van der Waals surface area contributed by atoms with Crippen molar-refractivity contribution >= 4 is 27.7 Å². The first kappa shape index (κ1) is 14.3. The molecule has 0 aromatic heterocycles. The van der Waals surface area contributed by atoms with Crippen LogP contribution < -0.4 is 4.90 Å². The number of carbonyl (C=O) groups is 1. The van der Waals surface area contributed by atoms with Crippen LogP contribution in [0.1, 0.15) is 32.8 Å². The molecule has 2 rings (SSSR count). The van der Waals surface area contributed by atoms with Crippen LogP contribution in [0.25, 0.3) is 0 Å². The summed E-state index contributed by atoms with van der Waals surface area (Å²) in [7, 11) is 0. The lowest BCUT2D eigenvalue weighted by Crippen LogP contribution is -2.40. The van der Waals surface area contributed by atoms with Crippen LogP contribution in [0, 0.1) is 5.82 Å². The number of carbonyl (C=O) groups excluding carboxylic acids is 1. The molecule has 104 valence electrons. The minimum absolute atomic E-state index is 0.360. The third kappa shape index (κ3) is 3.26. The van der Waals surface area contributed by atoms with Gasteiger partial charge in [0.2, 0.25) is 0 Å². The molecule has 1 aliphatic rings. The van der Waals surface area contributed by atoms with E-state index >= 15 is 0 Å². The Morgan fingerprint density at radius 2 is 2.11 bits per heavy atom. The first-order valence-corrected chi connectivity index (χ1v) is 7.06. The van der Waals surface area contributed by atoms with Crippen molar-refractivity contribution in [2.75, 3.05) is 11.4 Å². The van der Waals surface area contributed by atoms with Gasteiger partial charge in [-0.25, -0.2) is 9.18 Å². The predicted octanol–water partition coefficient (Wildman–Crippen LogP) is 4.28. The van der Waals surface area contributed by atoms with E-state index in [9.17, 15) is 9.18 Å². The van der Waals surface area contributed by atoms with Crippen molar-refractivity contribution in [1.82, 2.24) is 0 Å². The van der Waals surface area contributed by atoms with E-state index < -0.39 is 11.7 Å². The van der Waals surface area contributed by atoms with E-state index in [1.165, 1.54) is 17.0 Å². The molecule has 5 heteroatoms. The zero-order chi connectivity index (χ0) is 14.2. The summed E-state index contributed by atoms with van der Waals surface area (Å²) < 4.78 is 19.6. The number of nitrogens with zero attached hydrogens (tertiary/aromatic N) is 1. The SMILES string of the molecule is CC(C)(C)OC(=O)N1CCCc2c(Br)cc(F)cc21. The van der Waals surface area contributed by atoms with Crippen LogP contribution in [0.3, 0.4) is 0 Å². The van der Waals surface area contributed by atoms with Gasteiger partial charge in [-0.05, 0) is 51.3 Å². The normalized spacial score (nSPS) is 15.1. The average Bonchev–Trinajstić information content (AvgIpc) is 2.25. The van der Waals surface area contributed by atoms with Gasteiger partial charge in [-0.3, -0.25) is 4.90 Å². The fourth-order valence-electron chi connectivity index (χ4n) is 2.12. The Kier molecular flexibility index (Phi) is 3.85. The number of hydrogen-bond donors (Lipinski definition) is 0. The van der Waals surface area contributed by atoms with Crippen LogP contribution in [0.2, 0.25) is 0 Å². The second-order valence-electron chi connectivity index (χ2n) is 5.62. The van der Waals surface area contributed by atoms with E-state index in [-0.39, 0.29) is 5.82 Å². The quantitative estimate of drug-likeness (QED) is 0.711. The second-order valence-corrected chi connectivity index (χ2v) is 6.48. The topological polar surface area (TPSA) is 29.5 Å². The minimum Gasteiger partial charge on any atom is -0.443 e. The highest BCUT2D eigenvalue weighted by atomic mass is 79.9. The van der Waals surface area contributed by atoms with Gasteiger partial charge < -0.3 is 4.74 Å². The highest BCUT2D eigenvalue weighted by Crippen LogP contribution is 2.34. The Balaban J connectivity index is 2.34. The summed E-state index contributed by atoms with van der Waals surface area (Å²) in [4.78, 5) is 13.7. The molecule has 0 fully saturated rings. The lowest BCUT2D eigenvalue weighted by atomic mass is 10.0. The number of halogens is 2. The Bertz CT molecular complexity index is 511. The fourth-order valence-corrected chi connectivity index (χ4v) is 2.74. The van der Waals surface area contributed by atoms with Gasteiger partial charge >= 0.3 is 6.09 Å². The van der Waals surface area contributed by atoms with Gasteiger partial charge in [0.25, 0.3) is 0 Å². The first-order chi connectivity index (χ1) is 8.78. The van der Waals surface area contributed by atoms with Crippen LogP contribution in [0.15, 0.2) is 16.6 Å². The summed E-state index contributed by atoms with van der Waals surface area (Å²) in [5.41, 5.74) is 1.00. The molecule has 0 saturated carbocycles. The van der Waals surface area contributed by atoms with Crippen molar-refractivity contribution in [3.05, 3.63) is 28.0 Å². The molecule has 0 N–H and O–H groups in total. The van der Waals surface area contributed by atoms with Gasteiger partial charge in [0, 0.05) is 11.0 Å². The molecule has 1 aliphatic heterocycles. The van der Waals surface area contributed by atoms with E-state index in [4.69, 9.17) is 4.74 Å². The highest BCUT2D eigenvalue weighted by Gasteiger charge is 2.28. The second kappa shape index (κ2) is 5.12. The lowest BCUT2D eigenvalue weighted by molar-refractivity contribution is 0.0578. The summed E-state index contributed by atoms with van der Waals surface area (Å²) in [6, 6.07) is 2.82. The Morgan fingerprint density at radius 1 is 1.42 bits per heavy atom. The van der Waals surface area contributed by atoms with E-state index in [0.717, 1.165) is 18.4 Å². The smallest absolute Gasteiger partial charge is 0.414 e. The van der Waals surface area contributed by atoms with Gasteiger partial charge in [-0.15, -0.1) is 0 Å². The number of anilines is 1. The van der Waals surface area contributed by atoms with Gasteiger partial charge in [0.1, 0.15) is 11.4 Å². The summed E-state index contributed by atoms with van der Waals surface area (Å²) in [6.45, 7) is 6.00. The predicted molar refractivity (Wildman–Crippen MR) is 76.0 cm³/mol. The summed E-state index contributed by atoms with van der Waals surface area (Å²) in [5.74, 6) is -0.360. The fraction of sp³-hybridized carbons (Fsp3) is 0.500. The molecule has 3 nitrogen and oxygen atoms in total. The van der Waals surface area contributed by atoms with E-state index in [0.29, 0.717) is 16.7 Å². The molecule has 1 aromatic carbocycles. The zero-order valence-electron chi connectivity index (χ0n) is 11.3. The summed E-state index contributed by atoms with van der Waals surface area (Å²) in [6.07, 6.45) is 1.25. The Hall–Kier alpha value is -1.10. The molecule has 0 aliphatic carbocycles. The molecule has 1 aromatic rings. The number of ether oxygens (including phenoxy) is 1. The van der Waals surface area contributed by atoms with Crippen molar-refractivity contribution in [3.8, 4) is 0 Å². The van der Waals surface area contributed by atoms with Crippen molar-refractivity contribution < 1.29 is 13.9 Å². The van der Waals surface area contributed by atoms with Crippen LogP contribution in [-0.4, -0.2) is 18.2 Å². The number of hydrogen-bond acceptors (Lipinski definition) is 2. The van der Waals surface area contributed by atoms with Crippen LogP contribution in [0.5, 0.6) is 0 Å². The van der Waals surface area contributed by atoms with Crippen LogP contribution in [-0.2, 0) is 11.2 Å². The maximum Gasteiger partial charge on any atom is 0.414 e. The standard InChI is InChI=1S/C14H17BrFNO2/c1-14(2,3)19-13(18)17-6-4-5-10-11(15)7-9(16)8-12(10)17/h7-8H,4-6H2,1-3H3. The molecule has 0 bridgehead atoms. The summed E-state index contributed by atoms with van der Waals surface area (Å²) >= 11 is 3.35. The molecular formula is C14H17BrFNO2. The molecule has 0 unspecified atom stereocenters. The summed E-state index contributed by atoms with van der Waals surface area (Å²) in [5, 5.41) is 0. The average molecular weight is 330 g/mol. The lowest BCUT2D eigenvalue weighted by Gasteiger charge is -2.32. The van der Waals surface area contributed by atoms with Crippen molar-refractivity contribution in [3.63, 3.8) is 0 Å². The van der Waals surface area contributed by atoms with Crippen molar-refractivity contribution in [1.29, 1.82) is 0 Å². The molecule has 0 atom stereocenters. The minimum atomic E-state index is -0.556. The molecule has 1 heterocycles. The zero-order valence-corrected chi connectivity index (χ0v) is 12.9. The molecule has 1 amide bonds. The van der Waals surface area contributed by atoms with Crippen molar-refractivity contribution in [2.45, 2.75) is 39.2 Å². The van der Waals surface area contributed by atoms with Crippen LogP contribution in [0.4, 0.5) is 14.9 Å². The van der Waals surface area contributed by atoms with Gasteiger partial charge in [0.05, 0.1) is 5.69 Å². The number of benzene rings is 1. The van der Waals surface area contributed by atoms with E-state index in [2.05, 4.69) is 15.9 Å². The molecular weight excluding hydrogens is 313 g/mol. The molecule has 0 radical (unpaired) electrons. The van der Waals surface area contributed by atoms with Gasteiger partial charge in [-0.1, -0.05) is 15.9 Å². The van der Waals surface area contributed by atoms with E-state index in [1.54, 1.807) is 0 Å². The molecule has 0 spiro atoms. The van der Waals surface area contributed by atoms with Gasteiger partial charge in [-0.2, -0.15) is 0 Å². The maximum atomic E-state index is 13.5. The maximum absolute atomic E-state index is 13.5. The number of amides is 1. The third-order valence-corrected chi connectivity index (χ3v) is 3.56. The van der Waals surface area contributed by atoms with Gasteiger partial charge in [0.15, 0.2) is 0 Å². The molecule has 19 heavy (non-hydrogen) atoms. The third-order valence-electron chi connectivity index (χ3n) is 2.85.